The number of ether oxygens (including phenoxy) is 4. The molecule has 0 amide bonds. The Morgan fingerprint density at radius 2 is 1.47 bits per heavy atom. The molecular formula is C31H40F10O4. The Labute approximate surface area is 255 Å². The van der Waals surface area contributed by atoms with Gasteiger partial charge in [-0.15, -0.1) is 6.58 Å². The zero-order valence-corrected chi connectivity index (χ0v) is 25.0. The minimum atomic E-state index is -6.71. The van der Waals surface area contributed by atoms with Crippen molar-refractivity contribution in [3.8, 4) is 0 Å². The van der Waals surface area contributed by atoms with Gasteiger partial charge in [-0.2, -0.15) is 43.9 Å². The van der Waals surface area contributed by atoms with Gasteiger partial charge in [-0.3, -0.25) is 0 Å². The Morgan fingerprint density at radius 3 is 1.91 bits per heavy atom. The molecule has 5 saturated carbocycles. The first kappa shape index (κ1) is 34.9. The fourth-order valence-electron chi connectivity index (χ4n) is 9.42. The minimum absolute atomic E-state index is 0.0941. The number of methoxy groups -OCH3 is 1. The third kappa shape index (κ3) is 5.96. The Kier molecular flexibility index (Phi) is 9.27. The van der Waals surface area contributed by atoms with Crippen LogP contribution in [0.5, 0.6) is 0 Å². The van der Waals surface area contributed by atoms with Crippen LogP contribution in [0.2, 0.25) is 0 Å². The molecule has 14 heteroatoms. The Hall–Kier alpha value is -1.38. The van der Waals surface area contributed by atoms with Crippen molar-refractivity contribution in [2.75, 3.05) is 20.5 Å². The van der Waals surface area contributed by atoms with Gasteiger partial charge in [-0.25, -0.2) is 0 Å². The summed E-state index contributed by atoms with van der Waals surface area (Å²) in [6.07, 6.45) is -3.56. The molecule has 6 atom stereocenters. The number of hydrogen-bond acceptors (Lipinski definition) is 4. The number of allylic oxidation sites excluding steroid dienone is 3. The summed E-state index contributed by atoms with van der Waals surface area (Å²) in [6, 6.07) is 0. The van der Waals surface area contributed by atoms with Crippen LogP contribution in [0.25, 0.3) is 0 Å². The van der Waals surface area contributed by atoms with Gasteiger partial charge in [0.25, 0.3) is 0 Å². The van der Waals surface area contributed by atoms with E-state index in [4.69, 9.17) is 14.2 Å². The highest BCUT2D eigenvalue weighted by Crippen LogP contribution is 2.66. The van der Waals surface area contributed by atoms with Crippen LogP contribution >= 0.6 is 0 Å². The van der Waals surface area contributed by atoms with Crippen molar-refractivity contribution >= 4 is 0 Å². The number of halogens is 10. The number of rotatable bonds is 9. The standard InChI is InChI=1S/C17H18F10O2.C14H22O2/c18-14(19,16(22,23)24)13(15(20,21)17(25,26)27,29-12-3-1-2-6-28-12)11-8-9-4-5-10(11)7-9;1-3-13-5-11-4-12(6-13)8-14(7-11,9-13)16-10-15-2/h4-5,9-12H,1-3,6-8H2;3,11-12H,1,4-10H2,2H3. The van der Waals surface area contributed by atoms with Gasteiger partial charge in [0.1, 0.15) is 6.79 Å². The van der Waals surface area contributed by atoms with E-state index in [1.807, 2.05) is 0 Å². The summed E-state index contributed by atoms with van der Waals surface area (Å²) in [5.41, 5.74) is -4.69. The summed E-state index contributed by atoms with van der Waals surface area (Å²) in [6.45, 7) is 4.31. The van der Waals surface area contributed by atoms with Crippen LogP contribution in [0.15, 0.2) is 24.8 Å². The quantitative estimate of drug-likeness (QED) is 0.140. The molecule has 45 heavy (non-hydrogen) atoms. The molecular weight excluding hydrogens is 626 g/mol. The molecule has 0 spiro atoms. The van der Waals surface area contributed by atoms with E-state index in [1.54, 1.807) is 7.11 Å². The molecule has 0 aromatic carbocycles. The van der Waals surface area contributed by atoms with Crippen molar-refractivity contribution in [1.82, 2.24) is 0 Å². The second-order valence-electron chi connectivity index (χ2n) is 13.9. The van der Waals surface area contributed by atoms with Gasteiger partial charge in [0.15, 0.2) is 6.29 Å². The highest BCUT2D eigenvalue weighted by molar-refractivity contribution is 5.23. The van der Waals surface area contributed by atoms with Crippen molar-refractivity contribution in [3.63, 3.8) is 0 Å². The Morgan fingerprint density at radius 1 is 0.844 bits per heavy atom. The van der Waals surface area contributed by atoms with E-state index in [9.17, 15) is 43.9 Å². The minimum Gasteiger partial charge on any atom is -0.359 e. The maximum atomic E-state index is 14.7. The second-order valence-corrected chi connectivity index (χ2v) is 13.9. The van der Waals surface area contributed by atoms with Crippen LogP contribution in [0.1, 0.15) is 70.6 Å². The van der Waals surface area contributed by atoms with E-state index < -0.39 is 60.3 Å². The third-order valence-corrected chi connectivity index (χ3v) is 10.9. The van der Waals surface area contributed by atoms with Crippen LogP contribution in [0.3, 0.4) is 0 Å². The summed E-state index contributed by atoms with van der Waals surface area (Å²) in [4.78, 5) is 0. The van der Waals surface area contributed by atoms with E-state index in [2.05, 4.69) is 17.4 Å². The molecule has 7 aliphatic rings. The third-order valence-electron chi connectivity index (χ3n) is 10.9. The summed E-state index contributed by atoms with van der Waals surface area (Å²) in [5.74, 6) is -15.7. The van der Waals surface area contributed by atoms with Crippen molar-refractivity contribution in [3.05, 3.63) is 24.8 Å². The lowest BCUT2D eigenvalue weighted by molar-refractivity contribution is -0.462. The number of fused-ring (bicyclic) bond motifs is 2. The molecule has 0 aromatic heterocycles. The monoisotopic (exact) mass is 666 g/mol. The van der Waals surface area contributed by atoms with Gasteiger partial charge in [-0.1, -0.05) is 18.2 Å². The first-order chi connectivity index (χ1) is 20.8. The molecule has 258 valence electrons. The lowest BCUT2D eigenvalue weighted by Gasteiger charge is -2.60. The summed E-state index contributed by atoms with van der Waals surface area (Å²) in [7, 11) is 1.71. The van der Waals surface area contributed by atoms with Gasteiger partial charge >= 0.3 is 24.2 Å². The van der Waals surface area contributed by atoms with E-state index in [1.165, 1.54) is 44.6 Å². The molecule has 6 bridgehead atoms. The van der Waals surface area contributed by atoms with Gasteiger partial charge in [-0.05, 0) is 99.7 Å². The Bertz CT molecular complexity index is 1060. The lowest BCUT2D eigenvalue weighted by atomic mass is 9.48. The molecule has 0 N–H and O–H groups in total. The fourth-order valence-corrected chi connectivity index (χ4v) is 9.42. The zero-order chi connectivity index (χ0) is 33.1. The zero-order valence-electron chi connectivity index (χ0n) is 25.0. The molecule has 1 aliphatic heterocycles. The van der Waals surface area contributed by atoms with Crippen LogP contribution in [-0.2, 0) is 18.9 Å². The first-order valence-corrected chi connectivity index (χ1v) is 15.5. The fraction of sp³-hybridized carbons (Fsp3) is 0.871. The summed E-state index contributed by atoms with van der Waals surface area (Å²) >= 11 is 0. The lowest BCUT2D eigenvalue weighted by Crippen LogP contribution is -2.75. The molecule has 1 saturated heterocycles. The highest BCUT2D eigenvalue weighted by Gasteiger charge is 2.88. The molecule has 0 radical (unpaired) electrons. The van der Waals surface area contributed by atoms with Crippen LogP contribution in [0, 0.1) is 35.0 Å². The van der Waals surface area contributed by atoms with E-state index in [-0.39, 0.29) is 31.5 Å². The van der Waals surface area contributed by atoms with E-state index in [0.717, 1.165) is 17.9 Å². The highest BCUT2D eigenvalue weighted by atomic mass is 19.4. The predicted octanol–water partition coefficient (Wildman–Crippen LogP) is 9.01. The van der Waals surface area contributed by atoms with Crippen LogP contribution in [0.4, 0.5) is 43.9 Å². The molecule has 6 unspecified atom stereocenters. The number of alkyl halides is 10. The largest absolute Gasteiger partial charge is 0.456 e. The average molecular weight is 667 g/mol. The normalized spacial score (nSPS) is 37.9. The summed E-state index contributed by atoms with van der Waals surface area (Å²) in [5, 5.41) is 0. The van der Waals surface area contributed by atoms with Gasteiger partial charge in [0.2, 0.25) is 5.60 Å². The van der Waals surface area contributed by atoms with Gasteiger partial charge < -0.3 is 18.9 Å². The summed E-state index contributed by atoms with van der Waals surface area (Å²) < 4.78 is 159. The van der Waals surface area contributed by atoms with Gasteiger partial charge in [0, 0.05) is 19.6 Å². The molecule has 7 rings (SSSR count). The van der Waals surface area contributed by atoms with E-state index in [0.29, 0.717) is 18.6 Å². The second kappa shape index (κ2) is 11.9. The smallest absolute Gasteiger partial charge is 0.359 e. The molecule has 1 heterocycles. The molecule has 0 aromatic rings. The van der Waals surface area contributed by atoms with Crippen LogP contribution in [-0.4, -0.2) is 62.2 Å². The van der Waals surface area contributed by atoms with Crippen molar-refractivity contribution in [1.29, 1.82) is 0 Å². The Balaban J connectivity index is 0.000000209. The van der Waals surface area contributed by atoms with E-state index >= 15 is 0 Å². The first-order valence-electron chi connectivity index (χ1n) is 15.5. The maximum absolute atomic E-state index is 14.7. The van der Waals surface area contributed by atoms with Crippen molar-refractivity contribution in [2.24, 2.45) is 35.0 Å². The topological polar surface area (TPSA) is 36.9 Å². The molecule has 6 aliphatic carbocycles. The van der Waals surface area contributed by atoms with Crippen molar-refractivity contribution < 1.29 is 62.9 Å². The SMILES string of the molecule is C=CC12CC3CC(C1)CC(OCOC)(C3)C2.FC(F)(F)C(F)(F)C(OC1CCCCO1)(C1CC2C=CC1C2)C(F)(F)C(F)(F)F. The maximum Gasteiger partial charge on any atom is 0.456 e. The van der Waals surface area contributed by atoms with Crippen molar-refractivity contribution in [2.45, 2.75) is 112 Å². The predicted molar refractivity (Wildman–Crippen MR) is 141 cm³/mol. The van der Waals surface area contributed by atoms with Crippen LogP contribution < -0.4 is 0 Å². The number of hydrogen-bond donors (Lipinski definition) is 0. The van der Waals surface area contributed by atoms with Gasteiger partial charge in [0.05, 0.1) is 5.60 Å². The molecule has 6 fully saturated rings. The molecule has 4 nitrogen and oxygen atoms in total. The average Bonchev–Trinajstić information content (AvgIpc) is 3.58.